The van der Waals surface area contributed by atoms with E-state index >= 15 is 0 Å². The van der Waals surface area contributed by atoms with E-state index in [2.05, 4.69) is 27.7 Å². The third-order valence-corrected chi connectivity index (χ3v) is 3.60. The average Bonchev–Trinajstić information content (AvgIpc) is 2.50. The van der Waals surface area contributed by atoms with Crippen molar-refractivity contribution < 1.29 is 4.74 Å². The lowest BCUT2D eigenvalue weighted by atomic mass is 10.3. The molecule has 0 heterocycles. The summed E-state index contributed by atoms with van der Waals surface area (Å²) < 4.78 is 5.24. The Labute approximate surface area is 140 Å². The molecule has 8 heteroatoms. The maximum atomic E-state index is 5.24. The van der Waals surface area contributed by atoms with Gasteiger partial charge in [-0.05, 0) is 55.0 Å². The average molecular weight is 345 g/mol. The van der Waals surface area contributed by atoms with E-state index in [4.69, 9.17) is 29.2 Å². The van der Waals surface area contributed by atoms with Crippen LogP contribution < -0.4 is 26.2 Å². The molecule has 0 aliphatic carbocycles. The van der Waals surface area contributed by atoms with E-state index in [1.54, 1.807) is 7.11 Å². The van der Waals surface area contributed by atoms with Gasteiger partial charge in [0.1, 0.15) is 5.75 Å². The highest BCUT2D eigenvalue weighted by molar-refractivity contribution is 7.98. The molecule has 1 rings (SSSR count). The molecule has 0 aliphatic rings. The van der Waals surface area contributed by atoms with E-state index < -0.39 is 0 Å². The third kappa shape index (κ3) is 7.35. The number of anilines is 1. The molecular weight excluding hydrogens is 324 g/mol. The fraction of sp³-hybridized carbons (Fsp3) is 0.385. The smallest absolute Gasteiger partial charge is 0.189 e. The van der Waals surface area contributed by atoms with E-state index in [9.17, 15) is 0 Å². The van der Waals surface area contributed by atoms with Crippen molar-refractivity contribution in [3.63, 3.8) is 0 Å². The van der Waals surface area contributed by atoms with Gasteiger partial charge in [-0.15, -0.1) is 0 Å². The van der Waals surface area contributed by atoms with Crippen LogP contribution in [0.25, 0.3) is 0 Å². The standard InChI is InChI=1S/C13H20N4OS3/c1-18-11-7-4-3-6-10(11)15-13(20)17-16-12(19)14-8-5-9-21-2/h3-4,6-7H,5,8-9H2,1-2H3,(H2,14,16,19)(H2,15,17,20). The van der Waals surface area contributed by atoms with Gasteiger partial charge in [0, 0.05) is 6.54 Å². The Morgan fingerprint density at radius 3 is 2.62 bits per heavy atom. The molecular formula is C13H20N4OS3. The summed E-state index contributed by atoms with van der Waals surface area (Å²) >= 11 is 12.1. The number of nitrogens with one attached hydrogen (secondary N) is 4. The molecule has 0 saturated carbocycles. The van der Waals surface area contributed by atoms with Crippen LogP contribution in [0.2, 0.25) is 0 Å². The van der Waals surface area contributed by atoms with Crippen molar-refractivity contribution in [2.45, 2.75) is 6.42 Å². The van der Waals surface area contributed by atoms with E-state index in [1.165, 1.54) is 0 Å². The molecule has 5 nitrogen and oxygen atoms in total. The van der Waals surface area contributed by atoms with Gasteiger partial charge >= 0.3 is 0 Å². The molecule has 0 radical (unpaired) electrons. The zero-order valence-electron chi connectivity index (χ0n) is 12.1. The maximum Gasteiger partial charge on any atom is 0.189 e. The zero-order valence-corrected chi connectivity index (χ0v) is 14.5. The van der Waals surface area contributed by atoms with Crippen molar-refractivity contribution in [1.29, 1.82) is 0 Å². The lowest BCUT2D eigenvalue weighted by Crippen LogP contribution is -2.48. The van der Waals surface area contributed by atoms with Gasteiger partial charge in [-0.25, -0.2) is 0 Å². The van der Waals surface area contributed by atoms with Gasteiger partial charge in [-0.3, -0.25) is 10.9 Å². The zero-order chi connectivity index (χ0) is 15.5. The normalized spacial score (nSPS) is 9.62. The summed E-state index contributed by atoms with van der Waals surface area (Å²) in [6.07, 6.45) is 3.15. The molecule has 0 aliphatic heterocycles. The Kier molecular flexibility index (Phi) is 8.88. The highest BCUT2D eigenvalue weighted by Gasteiger charge is 2.03. The SMILES string of the molecule is COc1ccccc1NC(=S)NNC(=S)NCCCSC. The first-order chi connectivity index (χ1) is 10.2. The summed E-state index contributed by atoms with van der Waals surface area (Å²) in [5.74, 6) is 1.83. The summed E-state index contributed by atoms with van der Waals surface area (Å²) in [5.41, 5.74) is 6.46. The second-order valence-electron chi connectivity index (χ2n) is 4.01. The predicted octanol–water partition coefficient (Wildman–Crippen LogP) is 2.11. The molecule has 0 atom stereocenters. The van der Waals surface area contributed by atoms with Crippen LogP contribution in [0.4, 0.5) is 5.69 Å². The Morgan fingerprint density at radius 2 is 1.90 bits per heavy atom. The first-order valence-corrected chi connectivity index (χ1v) is 8.61. The van der Waals surface area contributed by atoms with Crippen LogP contribution in [0.1, 0.15) is 6.42 Å². The fourth-order valence-electron chi connectivity index (χ4n) is 1.48. The lowest BCUT2D eigenvalue weighted by Gasteiger charge is -2.15. The van der Waals surface area contributed by atoms with Crippen LogP contribution in [0.3, 0.4) is 0 Å². The second-order valence-corrected chi connectivity index (χ2v) is 5.81. The molecule has 4 N–H and O–H groups in total. The lowest BCUT2D eigenvalue weighted by molar-refractivity contribution is 0.417. The summed E-state index contributed by atoms with van der Waals surface area (Å²) in [5, 5.41) is 7.05. The highest BCUT2D eigenvalue weighted by Crippen LogP contribution is 2.22. The number of thiocarbonyl (C=S) groups is 2. The molecule has 116 valence electrons. The number of benzene rings is 1. The quantitative estimate of drug-likeness (QED) is 0.356. The topological polar surface area (TPSA) is 57.4 Å². The number of hydrazine groups is 1. The van der Waals surface area contributed by atoms with Crippen LogP contribution in [0.5, 0.6) is 5.75 Å². The minimum atomic E-state index is 0.410. The molecule has 0 fully saturated rings. The summed E-state index contributed by atoms with van der Waals surface area (Å²) in [7, 11) is 1.61. The molecule has 0 bridgehead atoms. The number of rotatable bonds is 6. The van der Waals surface area contributed by atoms with Gasteiger partial charge in [0.25, 0.3) is 0 Å². The monoisotopic (exact) mass is 344 g/mol. The number of thioether (sulfide) groups is 1. The second kappa shape index (κ2) is 10.5. The van der Waals surface area contributed by atoms with Crippen LogP contribution in [0, 0.1) is 0 Å². The largest absolute Gasteiger partial charge is 0.495 e. The maximum absolute atomic E-state index is 5.24. The third-order valence-electron chi connectivity index (χ3n) is 2.46. The van der Waals surface area contributed by atoms with Crippen molar-refractivity contribution >= 4 is 52.1 Å². The van der Waals surface area contributed by atoms with Crippen LogP contribution in [0.15, 0.2) is 24.3 Å². The van der Waals surface area contributed by atoms with E-state index in [0.717, 1.165) is 30.2 Å². The molecule has 1 aromatic carbocycles. The first-order valence-electron chi connectivity index (χ1n) is 6.40. The van der Waals surface area contributed by atoms with Gasteiger partial charge in [0.2, 0.25) is 0 Å². The van der Waals surface area contributed by atoms with Crippen molar-refractivity contribution in [2.24, 2.45) is 0 Å². The minimum absolute atomic E-state index is 0.410. The first kappa shape index (κ1) is 17.8. The Balaban J connectivity index is 2.29. The van der Waals surface area contributed by atoms with Crippen molar-refractivity contribution in [2.75, 3.05) is 31.0 Å². The summed E-state index contributed by atoms with van der Waals surface area (Å²) in [6, 6.07) is 7.54. The van der Waals surface area contributed by atoms with Crippen LogP contribution in [-0.2, 0) is 0 Å². The predicted molar refractivity (Wildman–Crippen MR) is 99.1 cm³/mol. The number of methoxy groups -OCH3 is 1. The molecule has 0 unspecified atom stereocenters. The summed E-state index contributed by atoms with van der Waals surface area (Å²) in [4.78, 5) is 0. The van der Waals surface area contributed by atoms with Gasteiger partial charge in [0.15, 0.2) is 10.2 Å². The Morgan fingerprint density at radius 1 is 1.19 bits per heavy atom. The molecule has 0 saturated heterocycles. The van der Waals surface area contributed by atoms with Crippen molar-refractivity contribution in [3.05, 3.63) is 24.3 Å². The molecule has 1 aromatic rings. The fourth-order valence-corrected chi connectivity index (χ4v) is 2.22. The molecule has 21 heavy (non-hydrogen) atoms. The Bertz CT molecular complexity index is 470. The van der Waals surface area contributed by atoms with Crippen molar-refractivity contribution in [1.82, 2.24) is 16.2 Å². The number of para-hydroxylation sites is 2. The summed E-state index contributed by atoms with van der Waals surface area (Å²) in [6.45, 7) is 0.834. The molecule has 0 amide bonds. The number of hydrogen-bond donors (Lipinski definition) is 4. The van der Waals surface area contributed by atoms with Gasteiger partial charge < -0.3 is 15.4 Å². The molecule has 0 aromatic heterocycles. The number of ether oxygens (including phenoxy) is 1. The van der Waals surface area contributed by atoms with Crippen molar-refractivity contribution in [3.8, 4) is 5.75 Å². The minimum Gasteiger partial charge on any atom is -0.495 e. The van der Waals surface area contributed by atoms with Crippen LogP contribution in [-0.4, -0.2) is 35.9 Å². The van der Waals surface area contributed by atoms with E-state index in [0.29, 0.717) is 10.2 Å². The molecule has 0 spiro atoms. The van der Waals surface area contributed by atoms with E-state index in [1.807, 2.05) is 36.0 Å². The van der Waals surface area contributed by atoms with Gasteiger partial charge in [0.05, 0.1) is 12.8 Å². The van der Waals surface area contributed by atoms with Gasteiger partial charge in [-0.2, -0.15) is 11.8 Å². The number of hydrogen-bond acceptors (Lipinski definition) is 4. The highest BCUT2D eigenvalue weighted by atomic mass is 32.2. The van der Waals surface area contributed by atoms with E-state index in [-0.39, 0.29) is 0 Å². The van der Waals surface area contributed by atoms with Gasteiger partial charge in [-0.1, -0.05) is 12.1 Å². The van der Waals surface area contributed by atoms with Crippen LogP contribution >= 0.6 is 36.2 Å². The Hall–Kier alpha value is -1.25.